The van der Waals surface area contributed by atoms with E-state index in [1.807, 2.05) is 0 Å². The summed E-state index contributed by atoms with van der Waals surface area (Å²) in [4.78, 5) is 0. The van der Waals surface area contributed by atoms with Gasteiger partial charge in [-0.05, 0) is 29.8 Å². The van der Waals surface area contributed by atoms with Crippen LogP contribution in [0, 0.1) is 11.6 Å². The van der Waals surface area contributed by atoms with Gasteiger partial charge in [-0.15, -0.1) is 0 Å². The zero-order valence-electron chi connectivity index (χ0n) is 10.8. The highest BCUT2D eigenvalue weighted by Gasteiger charge is 2.31. The molecular formula is C15H12F5N. The Hall–Kier alpha value is -1.95. The topological polar surface area (TPSA) is 12.0 Å². The molecule has 0 spiro atoms. The van der Waals surface area contributed by atoms with E-state index in [1.165, 1.54) is 6.07 Å². The Morgan fingerprint density at radius 1 is 0.905 bits per heavy atom. The number of halogens is 5. The van der Waals surface area contributed by atoms with Crippen LogP contribution >= 0.6 is 0 Å². The van der Waals surface area contributed by atoms with Crippen molar-refractivity contribution in [2.75, 3.05) is 0 Å². The van der Waals surface area contributed by atoms with Crippen molar-refractivity contribution in [1.29, 1.82) is 0 Å². The van der Waals surface area contributed by atoms with Gasteiger partial charge in [0.1, 0.15) is 11.6 Å². The number of nitrogens with one attached hydrogen (secondary N) is 1. The van der Waals surface area contributed by atoms with Gasteiger partial charge in [0, 0.05) is 18.7 Å². The quantitative estimate of drug-likeness (QED) is 0.831. The van der Waals surface area contributed by atoms with E-state index in [-0.39, 0.29) is 18.7 Å². The Labute approximate surface area is 118 Å². The maximum Gasteiger partial charge on any atom is 0.416 e. The molecule has 112 valence electrons. The lowest BCUT2D eigenvalue weighted by atomic mass is 10.1. The molecule has 1 N–H and O–H groups in total. The second-order valence-corrected chi connectivity index (χ2v) is 4.54. The summed E-state index contributed by atoms with van der Waals surface area (Å²) in [6, 6.07) is 8.39. The molecule has 1 nitrogen and oxygen atoms in total. The molecule has 0 radical (unpaired) electrons. The lowest BCUT2D eigenvalue weighted by molar-refractivity contribution is -0.137. The molecule has 0 saturated carbocycles. The van der Waals surface area contributed by atoms with Gasteiger partial charge in [0.25, 0.3) is 0 Å². The van der Waals surface area contributed by atoms with E-state index < -0.39 is 23.4 Å². The fourth-order valence-corrected chi connectivity index (χ4v) is 1.90. The molecule has 0 amide bonds. The van der Waals surface area contributed by atoms with E-state index in [1.54, 1.807) is 18.2 Å². The maximum atomic E-state index is 13.4. The van der Waals surface area contributed by atoms with Crippen LogP contribution in [0.3, 0.4) is 0 Å². The molecule has 0 aromatic heterocycles. The van der Waals surface area contributed by atoms with E-state index in [0.29, 0.717) is 11.6 Å². The van der Waals surface area contributed by atoms with E-state index in [4.69, 9.17) is 0 Å². The first kappa shape index (κ1) is 15.4. The van der Waals surface area contributed by atoms with Crippen molar-refractivity contribution in [2.45, 2.75) is 19.3 Å². The highest BCUT2D eigenvalue weighted by atomic mass is 19.4. The van der Waals surface area contributed by atoms with Crippen LogP contribution in [0.4, 0.5) is 22.0 Å². The number of benzene rings is 2. The summed E-state index contributed by atoms with van der Waals surface area (Å²) in [6.45, 7) is 0.152. The molecule has 0 aliphatic carbocycles. The van der Waals surface area contributed by atoms with Crippen molar-refractivity contribution in [2.24, 2.45) is 0 Å². The van der Waals surface area contributed by atoms with Gasteiger partial charge in [-0.25, -0.2) is 8.78 Å². The molecule has 0 aliphatic rings. The molecule has 0 aliphatic heterocycles. The van der Waals surface area contributed by atoms with Gasteiger partial charge in [-0.2, -0.15) is 13.2 Å². The fraction of sp³-hybridized carbons (Fsp3) is 0.200. The van der Waals surface area contributed by atoms with Crippen LogP contribution in [0.25, 0.3) is 0 Å². The second-order valence-electron chi connectivity index (χ2n) is 4.54. The maximum absolute atomic E-state index is 13.4. The monoisotopic (exact) mass is 301 g/mol. The van der Waals surface area contributed by atoms with Crippen molar-refractivity contribution >= 4 is 0 Å². The standard InChI is InChI=1S/C15H12F5N/c16-13-6-10(5-12(7-13)15(18,19)20)8-21-9-11-3-1-2-4-14(11)17/h1-7,21H,8-9H2. The first-order valence-electron chi connectivity index (χ1n) is 6.17. The van der Waals surface area contributed by atoms with E-state index in [9.17, 15) is 22.0 Å². The zero-order valence-corrected chi connectivity index (χ0v) is 10.8. The van der Waals surface area contributed by atoms with E-state index in [0.717, 1.165) is 12.1 Å². The molecule has 0 heterocycles. The zero-order chi connectivity index (χ0) is 15.5. The summed E-state index contributed by atoms with van der Waals surface area (Å²) in [5.41, 5.74) is -0.492. The lowest BCUT2D eigenvalue weighted by Gasteiger charge is -2.10. The first-order valence-corrected chi connectivity index (χ1v) is 6.17. The van der Waals surface area contributed by atoms with Crippen LogP contribution in [-0.4, -0.2) is 0 Å². The van der Waals surface area contributed by atoms with Crippen molar-refractivity contribution in [1.82, 2.24) is 5.32 Å². The molecule has 0 fully saturated rings. The molecule has 2 rings (SSSR count). The highest BCUT2D eigenvalue weighted by Crippen LogP contribution is 2.30. The third-order valence-corrected chi connectivity index (χ3v) is 2.89. The van der Waals surface area contributed by atoms with Gasteiger partial charge in [0.2, 0.25) is 0 Å². The van der Waals surface area contributed by atoms with Crippen molar-refractivity contribution in [3.63, 3.8) is 0 Å². The summed E-state index contributed by atoms with van der Waals surface area (Å²) < 4.78 is 64.2. The van der Waals surface area contributed by atoms with Crippen LogP contribution < -0.4 is 5.32 Å². The molecule has 0 atom stereocenters. The predicted octanol–water partition coefficient (Wildman–Crippen LogP) is 4.27. The van der Waals surface area contributed by atoms with Gasteiger partial charge < -0.3 is 5.32 Å². The number of alkyl halides is 3. The second kappa shape index (κ2) is 6.22. The van der Waals surface area contributed by atoms with Crippen molar-refractivity contribution < 1.29 is 22.0 Å². The summed E-state index contributed by atoms with van der Waals surface area (Å²) in [5, 5.41) is 2.79. The molecule has 0 unspecified atom stereocenters. The summed E-state index contributed by atoms with van der Waals surface area (Å²) in [6.07, 6.45) is -4.59. The largest absolute Gasteiger partial charge is 0.416 e. The normalized spacial score (nSPS) is 11.7. The summed E-state index contributed by atoms with van der Waals surface area (Å²) >= 11 is 0. The Bertz CT molecular complexity index is 622. The minimum atomic E-state index is -4.59. The van der Waals surface area contributed by atoms with Crippen molar-refractivity contribution in [3.8, 4) is 0 Å². The van der Waals surface area contributed by atoms with E-state index >= 15 is 0 Å². The molecule has 0 bridgehead atoms. The SMILES string of the molecule is Fc1cc(CNCc2ccccc2F)cc(C(F)(F)F)c1. The van der Waals surface area contributed by atoms with Crippen LogP contribution in [0.2, 0.25) is 0 Å². The fourth-order valence-electron chi connectivity index (χ4n) is 1.90. The Kier molecular flexibility index (Phi) is 4.57. The molecular weight excluding hydrogens is 289 g/mol. The number of hydrogen-bond donors (Lipinski definition) is 1. The Morgan fingerprint density at radius 3 is 2.29 bits per heavy atom. The molecule has 2 aromatic carbocycles. The van der Waals surface area contributed by atoms with Gasteiger partial charge >= 0.3 is 6.18 Å². The van der Waals surface area contributed by atoms with Gasteiger partial charge in [-0.1, -0.05) is 18.2 Å². The van der Waals surface area contributed by atoms with Crippen LogP contribution in [0.5, 0.6) is 0 Å². The first-order chi connectivity index (χ1) is 9.86. The van der Waals surface area contributed by atoms with Gasteiger partial charge in [0.15, 0.2) is 0 Å². The molecule has 21 heavy (non-hydrogen) atoms. The van der Waals surface area contributed by atoms with E-state index in [2.05, 4.69) is 5.32 Å². The smallest absolute Gasteiger partial charge is 0.309 e. The highest BCUT2D eigenvalue weighted by molar-refractivity contribution is 5.27. The molecule has 2 aromatic rings. The Balaban J connectivity index is 2.04. The Morgan fingerprint density at radius 2 is 1.62 bits per heavy atom. The van der Waals surface area contributed by atoms with Gasteiger partial charge in [-0.3, -0.25) is 0 Å². The van der Waals surface area contributed by atoms with Crippen LogP contribution in [-0.2, 0) is 19.3 Å². The average molecular weight is 301 g/mol. The number of rotatable bonds is 4. The van der Waals surface area contributed by atoms with Crippen molar-refractivity contribution in [3.05, 3.63) is 70.8 Å². The molecule has 0 saturated heterocycles. The predicted molar refractivity (Wildman–Crippen MR) is 68.3 cm³/mol. The van der Waals surface area contributed by atoms with Crippen LogP contribution in [0.1, 0.15) is 16.7 Å². The average Bonchev–Trinajstić information content (AvgIpc) is 2.39. The molecule has 6 heteroatoms. The minimum Gasteiger partial charge on any atom is -0.309 e. The van der Waals surface area contributed by atoms with Crippen LogP contribution in [0.15, 0.2) is 42.5 Å². The third kappa shape index (κ3) is 4.26. The van der Waals surface area contributed by atoms with Gasteiger partial charge in [0.05, 0.1) is 5.56 Å². The lowest BCUT2D eigenvalue weighted by Crippen LogP contribution is -2.15. The summed E-state index contributed by atoms with van der Waals surface area (Å²) in [7, 11) is 0. The number of hydrogen-bond acceptors (Lipinski definition) is 1. The minimum absolute atomic E-state index is 0.00910. The summed E-state index contributed by atoms with van der Waals surface area (Å²) in [5.74, 6) is -1.35. The third-order valence-electron chi connectivity index (χ3n) is 2.89.